The van der Waals surface area contributed by atoms with Gasteiger partial charge in [-0.3, -0.25) is 4.79 Å². The van der Waals surface area contributed by atoms with Crippen LogP contribution in [-0.4, -0.2) is 50.4 Å². The number of carbonyl (C=O) groups excluding carboxylic acids is 2. The van der Waals surface area contributed by atoms with Crippen molar-refractivity contribution in [2.24, 2.45) is 0 Å². The van der Waals surface area contributed by atoms with E-state index in [0.717, 1.165) is 69.5 Å². The number of hydrogen-bond acceptors (Lipinski definition) is 4. The fourth-order valence-electron chi connectivity index (χ4n) is 3.24. The van der Waals surface area contributed by atoms with Crippen molar-refractivity contribution in [3.63, 3.8) is 0 Å². The Bertz CT molecular complexity index is 628. The van der Waals surface area contributed by atoms with Crippen LogP contribution in [-0.2, 0) is 16.0 Å². The van der Waals surface area contributed by atoms with Crippen molar-refractivity contribution in [2.75, 3.05) is 33.3 Å². The zero-order valence-corrected chi connectivity index (χ0v) is 23.6. The summed E-state index contributed by atoms with van der Waals surface area (Å²) < 4.78 is 5.84. The number of allylic oxidation sites excluding steroid dienone is 2. The van der Waals surface area contributed by atoms with Gasteiger partial charge >= 0.3 is 0 Å². The molecule has 1 aromatic carbocycles. The summed E-state index contributed by atoms with van der Waals surface area (Å²) in [7, 11) is 2.00. The maximum atomic E-state index is 12.2. The van der Waals surface area contributed by atoms with Gasteiger partial charge in [-0.25, -0.2) is 0 Å². The summed E-state index contributed by atoms with van der Waals surface area (Å²) >= 11 is 0. The molecule has 0 aromatic heterocycles. The third-order valence-electron chi connectivity index (χ3n) is 5.29. The van der Waals surface area contributed by atoms with Gasteiger partial charge in [0, 0.05) is 20.9 Å². The highest BCUT2D eigenvalue weighted by Gasteiger charge is 2.17. The minimum atomic E-state index is 0. The van der Waals surface area contributed by atoms with Gasteiger partial charge in [0.2, 0.25) is 5.91 Å². The predicted octanol–water partition coefficient (Wildman–Crippen LogP) is 7.24. The third-order valence-corrected chi connectivity index (χ3v) is 5.29. The summed E-state index contributed by atoms with van der Waals surface area (Å²) in [6.45, 7) is 13.7. The SMILES string of the molecule is C/C=C\C.CC.CCCC=O.CNCCCCCCCOc1cccc(CC(=O)N2CCCC2)c1.[HH]. The van der Waals surface area contributed by atoms with Gasteiger partial charge in [0.05, 0.1) is 13.0 Å². The van der Waals surface area contributed by atoms with Gasteiger partial charge in [0.1, 0.15) is 12.0 Å². The molecule has 0 unspecified atom stereocenters. The number of aldehydes is 1. The lowest BCUT2D eigenvalue weighted by atomic mass is 10.1. The first kappa shape index (κ1) is 35.0. The van der Waals surface area contributed by atoms with Gasteiger partial charge in [-0.1, -0.05) is 64.3 Å². The lowest BCUT2D eigenvalue weighted by Gasteiger charge is -2.15. The Kier molecular flexibility index (Phi) is 28.1. The Labute approximate surface area is 218 Å². The summed E-state index contributed by atoms with van der Waals surface area (Å²) in [6, 6.07) is 8.00. The van der Waals surface area contributed by atoms with Gasteiger partial charge in [0.15, 0.2) is 0 Å². The second-order valence-electron chi connectivity index (χ2n) is 8.25. The van der Waals surface area contributed by atoms with Crippen LogP contribution in [0, 0.1) is 0 Å². The fourth-order valence-corrected chi connectivity index (χ4v) is 3.24. The zero-order valence-electron chi connectivity index (χ0n) is 23.6. The minimum absolute atomic E-state index is 0. The molecule has 0 saturated carbocycles. The number of likely N-dealkylation sites (tertiary alicyclic amines) is 1. The van der Waals surface area contributed by atoms with E-state index in [0.29, 0.717) is 12.8 Å². The maximum absolute atomic E-state index is 12.2. The monoisotopic (exact) mass is 492 g/mol. The fraction of sp³-hybridized carbons (Fsp3) is 0.667. The first-order valence-electron chi connectivity index (χ1n) is 13.8. The maximum Gasteiger partial charge on any atom is 0.226 e. The molecule has 0 radical (unpaired) electrons. The van der Waals surface area contributed by atoms with E-state index in [1.54, 1.807) is 0 Å². The smallest absolute Gasteiger partial charge is 0.226 e. The summed E-state index contributed by atoms with van der Waals surface area (Å²) in [5.41, 5.74) is 1.05. The minimum Gasteiger partial charge on any atom is -0.494 e. The number of ether oxygens (including phenoxy) is 1. The van der Waals surface area contributed by atoms with Gasteiger partial charge in [-0.2, -0.15) is 0 Å². The number of carbonyl (C=O) groups is 2. The number of amides is 1. The zero-order chi connectivity index (χ0) is 26.6. The average molecular weight is 493 g/mol. The number of benzene rings is 1. The van der Waals surface area contributed by atoms with Crippen molar-refractivity contribution in [2.45, 2.75) is 98.8 Å². The van der Waals surface area contributed by atoms with E-state index in [-0.39, 0.29) is 7.33 Å². The largest absolute Gasteiger partial charge is 0.494 e. The van der Waals surface area contributed by atoms with Gasteiger partial charge in [0.25, 0.3) is 0 Å². The van der Waals surface area contributed by atoms with Crippen LogP contribution < -0.4 is 10.1 Å². The molecule has 1 amide bonds. The Balaban J connectivity index is -0.000000771. The first-order chi connectivity index (χ1) is 17.1. The Hall–Kier alpha value is -2.14. The van der Waals surface area contributed by atoms with Crippen molar-refractivity contribution in [3.8, 4) is 5.75 Å². The molecule has 0 atom stereocenters. The third kappa shape index (κ3) is 22.1. The molecular weight excluding hydrogens is 436 g/mol. The molecule has 0 aliphatic carbocycles. The number of nitrogens with zero attached hydrogens (tertiary/aromatic N) is 1. The Morgan fingerprint density at radius 1 is 1.06 bits per heavy atom. The topological polar surface area (TPSA) is 58.6 Å². The average Bonchev–Trinajstić information content (AvgIpc) is 3.44. The summed E-state index contributed by atoms with van der Waals surface area (Å²) in [5, 5.41) is 3.18. The van der Waals surface area contributed by atoms with Crippen molar-refractivity contribution in [1.82, 2.24) is 10.2 Å². The summed E-state index contributed by atoms with van der Waals surface area (Å²) in [4.78, 5) is 23.6. The molecule has 1 aliphatic rings. The van der Waals surface area contributed by atoms with E-state index in [9.17, 15) is 9.59 Å². The molecule has 0 spiro atoms. The van der Waals surface area contributed by atoms with E-state index < -0.39 is 0 Å². The highest BCUT2D eigenvalue weighted by molar-refractivity contribution is 5.79. The highest BCUT2D eigenvalue weighted by atomic mass is 16.5. The second-order valence-corrected chi connectivity index (χ2v) is 8.25. The van der Waals surface area contributed by atoms with Crippen molar-refractivity contribution in [1.29, 1.82) is 0 Å². The molecule has 0 bridgehead atoms. The van der Waals surface area contributed by atoms with Crippen LogP contribution in [0.3, 0.4) is 0 Å². The van der Waals surface area contributed by atoms with Gasteiger partial charge < -0.3 is 19.7 Å². The van der Waals surface area contributed by atoms with Crippen LogP contribution in [0.4, 0.5) is 0 Å². The van der Waals surface area contributed by atoms with Crippen molar-refractivity contribution >= 4 is 12.2 Å². The Morgan fingerprint density at radius 2 is 1.69 bits per heavy atom. The standard InChI is InChI=1S/C20H32N2O2.C4H8O.C4H8.C2H6.H2/c1-21-12-5-3-2-4-8-15-24-19-11-9-10-18(16-19)17-20(23)22-13-6-7-14-22;1-2-3-4-5;1-3-4-2;1-2;/h9-11,16,21H,2-8,12-15,17H2,1H3;4H,2-3H2,1H3;3-4H,1-2H3;1-2H3;1H/b;;4-3-;;. The number of unbranched alkanes of at least 4 members (excludes halogenated alkanes) is 5. The molecular formula is C30H56N2O3. The van der Waals surface area contributed by atoms with Gasteiger partial charge in [-0.05, 0) is 77.2 Å². The molecule has 1 aliphatic heterocycles. The molecule has 35 heavy (non-hydrogen) atoms. The van der Waals surface area contributed by atoms with Crippen LogP contribution in [0.25, 0.3) is 0 Å². The lowest BCUT2D eigenvalue weighted by Crippen LogP contribution is -2.29. The molecule has 1 heterocycles. The van der Waals surface area contributed by atoms with Crippen molar-refractivity contribution < 1.29 is 15.8 Å². The molecule has 1 fully saturated rings. The number of hydrogen-bond donors (Lipinski definition) is 1. The number of rotatable bonds is 13. The predicted molar refractivity (Wildman–Crippen MR) is 153 cm³/mol. The molecule has 5 heteroatoms. The summed E-state index contributed by atoms with van der Waals surface area (Å²) in [5.74, 6) is 1.13. The first-order valence-corrected chi connectivity index (χ1v) is 13.8. The number of nitrogens with one attached hydrogen (secondary N) is 1. The van der Waals surface area contributed by atoms with Crippen LogP contribution in [0.15, 0.2) is 36.4 Å². The van der Waals surface area contributed by atoms with Crippen LogP contribution in [0.2, 0.25) is 0 Å². The van der Waals surface area contributed by atoms with Crippen LogP contribution in [0.1, 0.15) is 99.4 Å². The Morgan fingerprint density at radius 3 is 2.23 bits per heavy atom. The molecule has 5 nitrogen and oxygen atoms in total. The molecule has 1 N–H and O–H groups in total. The molecule has 1 saturated heterocycles. The van der Waals surface area contributed by atoms with E-state index in [1.165, 1.54) is 25.7 Å². The molecule has 1 aromatic rings. The van der Waals surface area contributed by atoms with Crippen LogP contribution >= 0.6 is 0 Å². The normalized spacial score (nSPS) is 12.0. The van der Waals surface area contributed by atoms with Crippen molar-refractivity contribution in [3.05, 3.63) is 42.0 Å². The van der Waals surface area contributed by atoms with Crippen LogP contribution in [0.5, 0.6) is 5.75 Å². The quantitative estimate of drug-likeness (QED) is 0.179. The van der Waals surface area contributed by atoms with Gasteiger partial charge in [-0.15, -0.1) is 0 Å². The molecule has 2 rings (SSSR count). The second kappa shape index (κ2) is 28.1. The lowest BCUT2D eigenvalue weighted by molar-refractivity contribution is -0.129. The van der Waals surface area contributed by atoms with E-state index in [1.807, 2.05) is 83.0 Å². The molecule has 204 valence electrons. The highest BCUT2D eigenvalue weighted by Crippen LogP contribution is 2.16. The summed E-state index contributed by atoms with van der Waals surface area (Å²) in [6.07, 6.45) is 15.5. The van der Waals surface area contributed by atoms with E-state index >= 15 is 0 Å². The van der Waals surface area contributed by atoms with E-state index in [2.05, 4.69) is 5.32 Å². The van der Waals surface area contributed by atoms with E-state index in [4.69, 9.17) is 4.74 Å².